The summed E-state index contributed by atoms with van der Waals surface area (Å²) in [6.07, 6.45) is 0. The summed E-state index contributed by atoms with van der Waals surface area (Å²) < 4.78 is 38.0. The molecule has 1 aromatic rings. The molecule has 1 rings (SSSR count). The Morgan fingerprint density at radius 2 is 1.70 bits per heavy atom. The number of carbonyl (C=O) groups is 2. The third-order valence-electron chi connectivity index (χ3n) is 2.18. The summed E-state index contributed by atoms with van der Waals surface area (Å²) >= 11 is 2.91. The number of hydrogen-bond acceptors (Lipinski definition) is 4. The van der Waals surface area contributed by atoms with Crippen molar-refractivity contribution < 1.29 is 22.4 Å². The van der Waals surface area contributed by atoms with Crippen LogP contribution in [0.25, 0.3) is 0 Å². The summed E-state index contributed by atoms with van der Waals surface area (Å²) in [6.45, 7) is -1.43. The van der Waals surface area contributed by atoms with Crippen molar-refractivity contribution in [3.05, 3.63) is 28.5 Å². The van der Waals surface area contributed by atoms with Gasteiger partial charge in [0, 0.05) is 4.47 Å². The van der Waals surface area contributed by atoms with Gasteiger partial charge in [0.1, 0.15) is 5.82 Å². The van der Waals surface area contributed by atoms with Crippen LogP contribution in [0.2, 0.25) is 0 Å². The van der Waals surface area contributed by atoms with E-state index in [1.807, 2.05) is 0 Å². The molecule has 0 atom stereocenters. The largest absolute Gasteiger partial charge is 0.369 e. The van der Waals surface area contributed by atoms with E-state index >= 15 is 0 Å². The van der Waals surface area contributed by atoms with Crippen molar-refractivity contribution in [3.8, 4) is 0 Å². The molecular weight excluding hydrogens is 357 g/mol. The van der Waals surface area contributed by atoms with Gasteiger partial charge in [-0.2, -0.15) is 4.31 Å². The summed E-state index contributed by atoms with van der Waals surface area (Å²) in [6, 6.07) is 2.88. The molecule has 0 saturated carbocycles. The molecule has 7 nitrogen and oxygen atoms in total. The number of halogens is 2. The highest BCUT2D eigenvalue weighted by Crippen LogP contribution is 2.25. The minimum absolute atomic E-state index is 0.0450. The Labute approximate surface area is 122 Å². The molecule has 10 heteroatoms. The van der Waals surface area contributed by atoms with Gasteiger partial charge >= 0.3 is 0 Å². The SMILES string of the molecule is NC(=O)CN(CC(N)=O)S(=O)(=O)c1ccc(F)cc1Br. The number of carbonyl (C=O) groups excluding carboxylic acids is 2. The molecule has 0 bridgehead atoms. The van der Waals surface area contributed by atoms with Gasteiger partial charge in [-0.3, -0.25) is 9.59 Å². The molecule has 110 valence electrons. The molecule has 0 fully saturated rings. The summed E-state index contributed by atoms with van der Waals surface area (Å²) in [5.74, 6) is -2.55. The van der Waals surface area contributed by atoms with Crippen molar-refractivity contribution in [2.24, 2.45) is 11.5 Å². The van der Waals surface area contributed by atoms with Crippen molar-refractivity contribution in [1.82, 2.24) is 4.31 Å². The molecule has 0 spiro atoms. The van der Waals surface area contributed by atoms with E-state index in [2.05, 4.69) is 15.9 Å². The Morgan fingerprint density at radius 3 is 2.10 bits per heavy atom. The predicted octanol–water partition coefficient (Wildman–Crippen LogP) is -0.450. The topological polar surface area (TPSA) is 124 Å². The van der Waals surface area contributed by atoms with E-state index in [0.29, 0.717) is 4.31 Å². The number of benzene rings is 1. The molecular formula is C10H11BrFN3O4S. The fourth-order valence-electron chi connectivity index (χ4n) is 1.40. The lowest BCUT2D eigenvalue weighted by Crippen LogP contribution is -2.43. The molecule has 0 unspecified atom stereocenters. The smallest absolute Gasteiger partial charge is 0.245 e. The van der Waals surface area contributed by atoms with Crippen molar-refractivity contribution >= 4 is 37.8 Å². The number of primary amides is 2. The van der Waals surface area contributed by atoms with E-state index in [9.17, 15) is 22.4 Å². The zero-order valence-corrected chi connectivity index (χ0v) is 12.4. The summed E-state index contributed by atoms with van der Waals surface area (Å²) in [7, 11) is -4.22. The first-order valence-electron chi connectivity index (χ1n) is 5.16. The van der Waals surface area contributed by atoms with Crippen LogP contribution in [0.5, 0.6) is 0 Å². The van der Waals surface area contributed by atoms with Crippen molar-refractivity contribution in [1.29, 1.82) is 0 Å². The van der Waals surface area contributed by atoms with E-state index in [1.165, 1.54) is 0 Å². The van der Waals surface area contributed by atoms with Crippen LogP contribution in [0.4, 0.5) is 4.39 Å². The Balaban J connectivity index is 3.28. The monoisotopic (exact) mass is 367 g/mol. The van der Waals surface area contributed by atoms with Crippen LogP contribution < -0.4 is 11.5 Å². The number of nitrogens with two attached hydrogens (primary N) is 2. The summed E-state index contributed by atoms with van der Waals surface area (Å²) in [5, 5.41) is 0. The summed E-state index contributed by atoms with van der Waals surface area (Å²) in [4.78, 5) is 21.5. The first-order valence-corrected chi connectivity index (χ1v) is 7.39. The molecule has 0 saturated heterocycles. The fraction of sp³-hybridized carbons (Fsp3) is 0.200. The van der Waals surface area contributed by atoms with Gasteiger partial charge in [0.15, 0.2) is 0 Å². The minimum atomic E-state index is -4.22. The Bertz CT molecular complexity index is 634. The number of sulfonamides is 1. The zero-order valence-electron chi connectivity index (χ0n) is 10.0. The van der Waals surface area contributed by atoms with Gasteiger partial charge in [0.2, 0.25) is 21.8 Å². The van der Waals surface area contributed by atoms with Crippen molar-refractivity contribution in [2.45, 2.75) is 4.90 Å². The molecule has 0 radical (unpaired) electrons. The second-order valence-electron chi connectivity index (χ2n) is 3.78. The van der Waals surface area contributed by atoms with Gasteiger partial charge in [0.05, 0.1) is 18.0 Å². The third-order valence-corrected chi connectivity index (χ3v) is 4.94. The molecule has 4 N–H and O–H groups in total. The summed E-state index contributed by atoms with van der Waals surface area (Å²) in [5.41, 5.74) is 9.87. The van der Waals surface area contributed by atoms with E-state index in [1.54, 1.807) is 0 Å². The van der Waals surface area contributed by atoms with E-state index < -0.39 is 40.7 Å². The van der Waals surface area contributed by atoms with Gasteiger partial charge in [-0.25, -0.2) is 12.8 Å². The van der Waals surface area contributed by atoms with Crippen molar-refractivity contribution in [2.75, 3.05) is 13.1 Å². The average molecular weight is 368 g/mol. The number of nitrogens with zero attached hydrogens (tertiary/aromatic N) is 1. The van der Waals surface area contributed by atoms with Crippen LogP contribution in [-0.2, 0) is 19.6 Å². The normalized spacial score (nSPS) is 11.6. The first-order chi connectivity index (χ1) is 9.14. The van der Waals surface area contributed by atoms with Crippen LogP contribution in [-0.4, -0.2) is 37.6 Å². The van der Waals surface area contributed by atoms with Gasteiger partial charge in [-0.1, -0.05) is 0 Å². The zero-order chi connectivity index (χ0) is 15.5. The highest BCUT2D eigenvalue weighted by molar-refractivity contribution is 9.10. The second-order valence-corrected chi connectivity index (χ2v) is 6.54. The molecule has 1 aromatic carbocycles. The molecule has 0 aliphatic rings. The molecule has 0 aliphatic heterocycles. The molecule has 0 aliphatic carbocycles. The third kappa shape index (κ3) is 3.99. The van der Waals surface area contributed by atoms with Crippen LogP contribution in [0.15, 0.2) is 27.6 Å². The maximum absolute atomic E-state index is 13.0. The Hall–Kier alpha value is -1.52. The van der Waals surface area contributed by atoms with Gasteiger partial charge in [-0.15, -0.1) is 0 Å². The number of hydrogen-bond donors (Lipinski definition) is 2. The van der Waals surface area contributed by atoms with Crippen LogP contribution >= 0.6 is 15.9 Å². The lowest BCUT2D eigenvalue weighted by atomic mass is 10.3. The fourth-order valence-corrected chi connectivity index (χ4v) is 3.78. The van der Waals surface area contributed by atoms with Gasteiger partial charge in [-0.05, 0) is 34.1 Å². The first kappa shape index (κ1) is 16.5. The van der Waals surface area contributed by atoms with E-state index in [4.69, 9.17) is 11.5 Å². The Morgan fingerprint density at radius 1 is 1.20 bits per heavy atom. The van der Waals surface area contributed by atoms with Gasteiger partial charge in [0.25, 0.3) is 0 Å². The van der Waals surface area contributed by atoms with Crippen molar-refractivity contribution in [3.63, 3.8) is 0 Å². The number of rotatable bonds is 6. The van der Waals surface area contributed by atoms with E-state index in [-0.39, 0.29) is 9.37 Å². The minimum Gasteiger partial charge on any atom is -0.369 e. The van der Waals surface area contributed by atoms with Gasteiger partial charge < -0.3 is 11.5 Å². The quantitative estimate of drug-likeness (QED) is 0.706. The average Bonchev–Trinajstić information content (AvgIpc) is 2.26. The second kappa shape index (κ2) is 6.29. The number of amides is 2. The predicted molar refractivity (Wildman–Crippen MR) is 71.2 cm³/mol. The van der Waals surface area contributed by atoms with E-state index in [0.717, 1.165) is 18.2 Å². The highest BCUT2D eigenvalue weighted by Gasteiger charge is 2.29. The van der Waals surface area contributed by atoms with Crippen LogP contribution in [0.3, 0.4) is 0 Å². The Kier molecular flexibility index (Phi) is 5.20. The lowest BCUT2D eigenvalue weighted by molar-refractivity contribution is -0.120. The maximum Gasteiger partial charge on any atom is 0.245 e. The maximum atomic E-state index is 13.0. The van der Waals surface area contributed by atoms with Crippen LogP contribution in [0, 0.1) is 5.82 Å². The van der Waals surface area contributed by atoms with Crippen LogP contribution in [0.1, 0.15) is 0 Å². The molecule has 2 amide bonds. The molecule has 0 heterocycles. The highest BCUT2D eigenvalue weighted by atomic mass is 79.9. The molecule has 0 aromatic heterocycles. The standard InChI is InChI=1S/C10H11BrFN3O4S/c11-7-3-6(12)1-2-8(7)20(18,19)15(4-9(13)16)5-10(14)17/h1-3H,4-5H2,(H2,13,16)(H2,14,17). The molecule has 20 heavy (non-hydrogen) atoms. The lowest BCUT2D eigenvalue weighted by Gasteiger charge is -2.19.